The first-order chi connectivity index (χ1) is 18.6. The van der Waals surface area contributed by atoms with Crippen molar-refractivity contribution in [3.05, 3.63) is 0 Å². The number of rotatable bonds is 24. The van der Waals surface area contributed by atoms with Crippen molar-refractivity contribution in [2.45, 2.75) is 127 Å². The monoisotopic (exact) mass is 528 g/mol. The maximum Gasteiger partial charge on any atom is 0.237 e. The molecule has 0 rings (SSSR count). The summed E-state index contributed by atoms with van der Waals surface area (Å²) in [5.41, 5.74) is 0. The molecule has 0 saturated carbocycles. The molecule has 38 heavy (non-hydrogen) atoms. The van der Waals surface area contributed by atoms with Crippen LogP contribution in [-0.4, -0.2) is 66.8 Å². The molecule has 0 amide bonds. The lowest BCUT2D eigenvalue weighted by atomic mass is 9.94. The van der Waals surface area contributed by atoms with Gasteiger partial charge in [0.15, 0.2) is 6.17 Å². The summed E-state index contributed by atoms with van der Waals surface area (Å²) in [6.07, 6.45) is 17.8. The van der Waals surface area contributed by atoms with Crippen LogP contribution in [0.15, 0.2) is 30.0 Å². The Morgan fingerprint density at radius 2 is 0.816 bits per heavy atom. The van der Waals surface area contributed by atoms with E-state index in [9.17, 15) is 28.8 Å². The molecule has 0 bridgehead atoms. The average molecular weight is 529 g/mol. The molecule has 4 atom stereocenters. The molecule has 0 aliphatic carbocycles. The molecule has 0 heterocycles. The summed E-state index contributed by atoms with van der Waals surface area (Å²) in [4.78, 5) is 86.8. The molecule has 0 spiro atoms. The normalized spacial score (nSPS) is 13.8. The molecule has 0 fully saturated rings. The van der Waals surface area contributed by atoms with Gasteiger partial charge in [-0.1, -0.05) is 51.9 Å². The molecular weight excluding hydrogens is 492 g/mol. The Bertz CT molecular complexity index is 933. The Balaban J connectivity index is 5.11. The van der Waals surface area contributed by atoms with E-state index in [1.54, 1.807) is 6.08 Å². The second-order valence-corrected chi connectivity index (χ2v) is 8.95. The van der Waals surface area contributed by atoms with E-state index < -0.39 is 24.3 Å². The van der Waals surface area contributed by atoms with Gasteiger partial charge in [-0.15, -0.1) is 0 Å². The van der Waals surface area contributed by atoms with Crippen molar-refractivity contribution in [2.75, 3.05) is 0 Å². The van der Waals surface area contributed by atoms with E-state index in [1.165, 1.54) is 56.1 Å². The summed E-state index contributed by atoms with van der Waals surface area (Å²) in [7, 11) is 0. The van der Waals surface area contributed by atoms with Crippen LogP contribution in [0.1, 0.15) is 96.8 Å². The molecule has 0 saturated heterocycles. The summed E-state index contributed by atoms with van der Waals surface area (Å²) in [5.74, 6) is 0. The first-order valence-corrected chi connectivity index (χ1v) is 13.0. The van der Waals surface area contributed by atoms with Crippen LogP contribution < -0.4 is 0 Å². The van der Waals surface area contributed by atoms with Gasteiger partial charge in [0, 0.05) is 0 Å². The third kappa shape index (κ3) is 18.5. The number of unbranched alkanes of at least 4 members (excludes halogenated alkanes) is 6. The molecule has 0 aromatic carbocycles. The number of isocyanates is 6. The highest BCUT2D eigenvalue weighted by Crippen LogP contribution is 2.22. The molecule has 0 radical (unpaired) electrons. The summed E-state index contributed by atoms with van der Waals surface area (Å²) in [5, 5.41) is 0. The van der Waals surface area contributed by atoms with Crippen molar-refractivity contribution >= 4 is 36.5 Å². The van der Waals surface area contributed by atoms with E-state index in [0.717, 1.165) is 25.7 Å². The van der Waals surface area contributed by atoms with Crippen molar-refractivity contribution in [3.63, 3.8) is 0 Å². The minimum absolute atomic E-state index is 0.0950. The Morgan fingerprint density at radius 1 is 0.421 bits per heavy atom. The molecule has 0 aromatic heterocycles. The van der Waals surface area contributed by atoms with Crippen molar-refractivity contribution in [1.82, 2.24) is 0 Å². The van der Waals surface area contributed by atoms with Crippen LogP contribution in [0.2, 0.25) is 0 Å². The molecule has 4 unspecified atom stereocenters. The SMILES string of the molecule is CCCCCCCCCC(CCC(CC(CC(CCC(N=C=O)N=C=O)N=C=O)N=C=O)N=C=O)N=C=O. The minimum atomic E-state index is -1.01. The van der Waals surface area contributed by atoms with Gasteiger partial charge in [0.05, 0.1) is 24.2 Å². The molecule has 0 aliphatic heterocycles. The lowest BCUT2D eigenvalue weighted by molar-refractivity contribution is 0.401. The van der Waals surface area contributed by atoms with Gasteiger partial charge < -0.3 is 0 Å². The van der Waals surface area contributed by atoms with Crippen LogP contribution in [0, 0.1) is 0 Å². The Kier molecular flexibility index (Phi) is 22.5. The maximum absolute atomic E-state index is 11.0. The fraction of sp³-hybridized carbons (Fsp3) is 0.769. The van der Waals surface area contributed by atoms with Gasteiger partial charge in [-0.2, -0.15) is 9.98 Å². The topological polar surface area (TPSA) is 177 Å². The highest BCUT2D eigenvalue weighted by Gasteiger charge is 2.22. The molecule has 12 heteroatoms. The van der Waals surface area contributed by atoms with Gasteiger partial charge >= 0.3 is 0 Å². The second kappa shape index (κ2) is 25.0. The lowest BCUT2D eigenvalue weighted by Crippen LogP contribution is -2.22. The Morgan fingerprint density at radius 3 is 1.32 bits per heavy atom. The summed E-state index contributed by atoms with van der Waals surface area (Å²) in [6, 6.07) is -2.16. The number of hydrogen-bond donors (Lipinski definition) is 0. The van der Waals surface area contributed by atoms with Crippen LogP contribution >= 0.6 is 0 Å². The quantitative estimate of drug-likeness (QED) is 0.102. The fourth-order valence-corrected chi connectivity index (χ4v) is 4.21. The average Bonchev–Trinajstić information content (AvgIpc) is 2.90. The smallest absolute Gasteiger partial charge is 0.211 e. The first-order valence-electron chi connectivity index (χ1n) is 13.0. The van der Waals surface area contributed by atoms with Gasteiger partial charge in [-0.05, 0) is 44.9 Å². The van der Waals surface area contributed by atoms with Gasteiger partial charge in [0.2, 0.25) is 36.5 Å². The van der Waals surface area contributed by atoms with Crippen LogP contribution in [0.4, 0.5) is 0 Å². The van der Waals surface area contributed by atoms with E-state index in [4.69, 9.17) is 0 Å². The number of carbonyl (C=O) groups excluding carboxylic acids is 6. The second-order valence-electron chi connectivity index (χ2n) is 8.95. The molecule has 12 nitrogen and oxygen atoms in total. The van der Waals surface area contributed by atoms with E-state index in [1.807, 2.05) is 0 Å². The third-order valence-electron chi connectivity index (χ3n) is 6.16. The molecule has 0 aromatic rings. The molecule has 0 aliphatic rings. The van der Waals surface area contributed by atoms with Crippen LogP contribution in [0.3, 0.4) is 0 Å². The zero-order valence-electron chi connectivity index (χ0n) is 21.9. The van der Waals surface area contributed by atoms with E-state index >= 15 is 0 Å². The van der Waals surface area contributed by atoms with Crippen molar-refractivity contribution in [2.24, 2.45) is 30.0 Å². The standard InChI is InChI=1S/C26H36N6O6/c1-2-3-4-5-6-7-8-9-22(27-16-33)10-11-23(28-17-34)14-25(30-19-36)15-24(29-18-35)12-13-26(31-20-37)32-21-38/h22-26H,2-15H2,1H3. The van der Waals surface area contributed by atoms with E-state index in [-0.39, 0.29) is 31.7 Å². The predicted octanol–water partition coefficient (Wildman–Crippen LogP) is 4.28. The van der Waals surface area contributed by atoms with Crippen molar-refractivity contribution in [3.8, 4) is 0 Å². The maximum atomic E-state index is 11.0. The number of hydrogen-bond acceptors (Lipinski definition) is 12. The van der Waals surface area contributed by atoms with Crippen molar-refractivity contribution < 1.29 is 28.8 Å². The Labute approximate surface area is 222 Å². The third-order valence-corrected chi connectivity index (χ3v) is 6.16. The Hall–Kier alpha value is -3.72. The highest BCUT2D eigenvalue weighted by atomic mass is 16.1. The van der Waals surface area contributed by atoms with Crippen molar-refractivity contribution in [1.29, 1.82) is 0 Å². The van der Waals surface area contributed by atoms with Gasteiger partial charge in [0.1, 0.15) is 0 Å². The lowest BCUT2D eigenvalue weighted by Gasteiger charge is -2.20. The van der Waals surface area contributed by atoms with Gasteiger partial charge in [-0.3, -0.25) is 0 Å². The predicted molar refractivity (Wildman–Crippen MR) is 138 cm³/mol. The summed E-state index contributed by atoms with van der Waals surface area (Å²) in [6.45, 7) is 2.17. The molecule has 0 N–H and O–H groups in total. The number of aliphatic imine (C=N–C) groups is 6. The first kappa shape index (κ1) is 34.3. The highest BCUT2D eigenvalue weighted by molar-refractivity contribution is 5.37. The van der Waals surface area contributed by atoms with Crippen LogP contribution in [0.25, 0.3) is 0 Å². The fourth-order valence-electron chi connectivity index (χ4n) is 4.21. The van der Waals surface area contributed by atoms with Crippen LogP contribution in [0.5, 0.6) is 0 Å². The van der Waals surface area contributed by atoms with E-state index in [0.29, 0.717) is 12.8 Å². The van der Waals surface area contributed by atoms with Crippen LogP contribution in [-0.2, 0) is 28.8 Å². The zero-order chi connectivity index (χ0) is 28.3. The van der Waals surface area contributed by atoms with Gasteiger partial charge in [-0.25, -0.2) is 48.7 Å². The number of nitrogens with zero attached hydrogens (tertiary/aromatic N) is 6. The van der Waals surface area contributed by atoms with Gasteiger partial charge in [0.25, 0.3) is 0 Å². The summed E-state index contributed by atoms with van der Waals surface area (Å²) >= 11 is 0. The minimum Gasteiger partial charge on any atom is -0.211 e. The molecular formula is C26H36N6O6. The summed E-state index contributed by atoms with van der Waals surface area (Å²) < 4.78 is 0. The molecule has 206 valence electrons. The largest absolute Gasteiger partial charge is 0.237 e. The van der Waals surface area contributed by atoms with E-state index in [2.05, 4.69) is 36.9 Å². The zero-order valence-corrected chi connectivity index (χ0v) is 21.9.